The van der Waals surface area contributed by atoms with Crippen LogP contribution in [0.15, 0.2) is 128 Å². The highest BCUT2D eigenvalue weighted by Gasteiger charge is 2.23. The van der Waals surface area contributed by atoms with Crippen LogP contribution in [-0.2, 0) is 9.59 Å². The Kier molecular flexibility index (Phi) is 57.3. The molecular weight excluding hydrogens is 1430 g/mol. The highest BCUT2D eigenvalue weighted by atomic mass is 16.2. The standard InChI is InChI=1S/C11H21N.2C10H17NO.3C10H19N.2C10H18.C9H17N.2C9H16/c1-9(2)11-5-7-12(8-6-11)10(3)4;1-8(2)10-4-6-11(7-5-10)9(3)12;1-8(2)10-5-4-6-11(7-10)9(3)12;2*1-8(2)10-5-6-11(4)7-9(10)3;1-4-11-7-5-10(6-8-11)9(2)3;1-8(2)10-6-4-5-9(3)7-10;1-8(2)10-7-5-4-6-9(10)3;1-8(2)9-4-6-10(3)7-5-9;1-7(2)9-5-4-8(3)6-9;1-7(2)9-6-4-5-8(9)3/h5,9-10H,6-8H2,1-4H3;4,8H,5-7H2,1-3H3;5,8H,4,6-7H2,1-3H3;8H,5-7H2,1-4H3;5,8-9H,6-7H2,1-4H3;5,9H,4,6-8H2,1-3H3;2*7-9H,4-6H2,1-3H3;4,8H,5-7H2,1-3H3;2*6-8H,4-5H2,1-3H3. The molecule has 5 atom stereocenters. The Morgan fingerprint density at radius 3 is 1.15 bits per heavy atom. The van der Waals surface area contributed by atoms with Crippen LogP contribution >= 0.6 is 0 Å². The van der Waals surface area contributed by atoms with Gasteiger partial charge in [-0.1, -0.05) is 322 Å². The van der Waals surface area contributed by atoms with Crippen molar-refractivity contribution in [2.45, 2.75) is 337 Å². The van der Waals surface area contributed by atoms with Crippen LogP contribution in [0.2, 0.25) is 0 Å². The normalized spacial score (nSPS) is 22.9. The minimum atomic E-state index is 0.189. The predicted octanol–water partition coefficient (Wildman–Crippen LogP) is 27.7. The van der Waals surface area contributed by atoms with E-state index in [1.54, 1.807) is 69.6 Å². The molecule has 117 heavy (non-hydrogen) atoms. The topological polar surface area (TPSA) is 56.8 Å². The van der Waals surface area contributed by atoms with E-state index in [0.717, 1.165) is 142 Å². The van der Waals surface area contributed by atoms with E-state index in [1.807, 2.05) is 9.80 Å². The van der Waals surface area contributed by atoms with Crippen LogP contribution in [0.5, 0.6) is 0 Å². The van der Waals surface area contributed by atoms with E-state index < -0.39 is 0 Å². The molecule has 2 amide bonds. The lowest BCUT2D eigenvalue weighted by Gasteiger charge is -2.30. The maximum absolute atomic E-state index is 11.1. The molecule has 7 heterocycles. The first-order valence-corrected chi connectivity index (χ1v) is 48.5. The number of rotatable bonds is 13. The molecule has 11 rings (SSSR count). The molecule has 0 fully saturated rings. The van der Waals surface area contributed by atoms with E-state index in [2.05, 4.69) is 321 Å². The first-order chi connectivity index (χ1) is 54.8. The molecule has 5 unspecified atom stereocenters. The van der Waals surface area contributed by atoms with Gasteiger partial charge in [0.15, 0.2) is 0 Å². The van der Waals surface area contributed by atoms with E-state index >= 15 is 0 Å². The highest BCUT2D eigenvalue weighted by molar-refractivity contribution is 5.74. The zero-order valence-corrected chi connectivity index (χ0v) is 84.5. The van der Waals surface area contributed by atoms with Gasteiger partial charge in [-0.3, -0.25) is 19.4 Å². The molecular formula is C108H197N7O2. The number of allylic oxidation sites excluding steroid dienone is 8. The van der Waals surface area contributed by atoms with Crippen LogP contribution in [0.3, 0.4) is 0 Å². The summed E-state index contributed by atoms with van der Waals surface area (Å²) in [6.45, 7) is 90.5. The summed E-state index contributed by atoms with van der Waals surface area (Å²) >= 11 is 0. The van der Waals surface area contributed by atoms with Crippen molar-refractivity contribution < 1.29 is 9.59 Å². The molecule has 9 nitrogen and oxygen atoms in total. The van der Waals surface area contributed by atoms with Gasteiger partial charge in [0.1, 0.15) is 0 Å². The Morgan fingerprint density at radius 1 is 0.350 bits per heavy atom. The summed E-state index contributed by atoms with van der Waals surface area (Å²) in [5, 5.41) is 0. The fourth-order valence-corrected chi connectivity index (χ4v) is 17.9. The predicted molar refractivity (Wildman–Crippen MR) is 522 cm³/mol. The van der Waals surface area contributed by atoms with Crippen LogP contribution in [0.1, 0.15) is 331 Å². The van der Waals surface area contributed by atoms with Crippen molar-refractivity contribution >= 4 is 11.8 Å². The van der Waals surface area contributed by atoms with Gasteiger partial charge in [-0.2, -0.15) is 0 Å². The van der Waals surface area contributed by atoms with E-state index in [4.69, 9.17) is 0 Å². The van der Waals surface area contributed by atoms with Crippen LogP contribution < -0.4 is 0 Å². The molecule has 0 saturated carbocycles. The SMILES string of the molecule is CC(=O)N1CC=C(C(C)C)CC1.CC(=O)N1CCC=C(C(C)C)C1.CC(C)C1=CCCC1C.CC(C)C1=CCCCC1C.CC(C)C1=CCN(C(C)C)CC1.CC(C)C1=CCN(C)CC1.CC(C)C1=CCN(C)CC1C.CC1=C(C(C)C)CCN(C)C1.CC1C=C(C(C)C)CC1.CC1C=C(C(C)C)CCC1.CCN1CC=C(C(C)C)CC1. The fraction of sp³-hybridized carbons (Fsp3) is 0.778. The minimum Gasteiger partial charge on any atom is -0.339 e. The van der Waals surface area contributed by atoms with Gasteiger partial charge in [0.2, 0.25) is 11.8 Å². The van der Waals surface area contributed by atoms with Crippen molar-refractivity contribution in [2.75, 3.05) is 119 Å². The Hall–Kier alpha value is -4.12. The molecule has 0 spiro atoms. The fourth-order valence-electron chi connectivity index (χ4n) is 17.9. The molecule has 0 aromatic carbocycles. The van der Waals surface area contributed by atoms with Gasteiger partial charge in [-0.15, -0.1) is 0 Å². The van der Waals surface area contributed by atoms with Crippen LogP contribution in [0, 0.1) is 94.7 Å². The second-order valence-electron chi connectivity index (χ2n) is 40.7. The number of carbonyl (C=O) groups excluding carboxylic acids is 2. The summed E-state index contributed by atoms with van der Waals surface area (Å²) in [5.41, 5.74) is 19.5. The third kappa shape index (κ3) is 46.8. The van der Waals surface area contributed by atoms with Crippen molar-refractivity contribution in [1.82, 2.24) is 34.3 Å². The largest absolute Gasteiger partial charge is 0.339 e. The lowest BCUT2D eigenvalue weighted by molar-refractivity contribution is -0.129. The van der Waals surface area contributed by atoms with Crippen molar-refractivity contribution in [3.05, 3.63) is 128 Å². The molecule has 9 heteroatoms. The molecule has 11 aliphatic rings. The molecule has 0 bridgehead atoms. The Balaban J connectivity index is 0.000000644. The zero-order valence-electron chi connectivity index (χ0n) is 84.5. The maximum atomic E-state index is 11.1. The van der Waals surface area contributed by atoms with Gasteiger partial charge >= 0.3 is 0 Å². The van der Waals surface area contributed by atoms with Crippen LogP contribution in [-0.4, -0.2) is 171 Å². The van der Waals surface area contributed by atoms with Gasteiger partial charge in [-0.05, 0) is 246 Å². The summed E-state index contributed by atoms with van der Waals surface area (Å²) in [7, 11) is 6.55. The maximum Gasteiger partial charge on any atom is 0.219 e. The summed E-state index contributed by atoms with van der Waals surface area (Å²) < 4.78 is 0. The number of likely N-dealkylation sites (N-methyl/N-ethyl adjacent to an activating group) is 4. The quantitative estimate of drug-likeness (QED) is 0.170. The van der Waals surface area contributed by atoms with E-state index in [9.17, 15) is 9.59 Å². The zero-order chi connectivity index (χ0) is 88.9. The van der Waals surface area contributed by atoms with Gasteiger partial charge < -0.3 is 24.5 Å². The molecule has 0 radical (unpaired) electrons. The first kappa shape index (κ1) is 111. The van der Waals surface area contributed by atoms with Crippen LogP contribution in [0.4, 0.5) is 0 Å². The van der Waals surface area contributed by atoms with E-state index in [1.165, 1.54) is 153 Å². The number of hydrogen-bond acceptors (Lipinski definition) is 7. The monoisotopic (exact) mass is 1620 g/mol. The molecule has 0 aromatic heterocycles. The van der Waals surface area contributed by atoms with Crippen molar-refractivity contribution in [1.29, 1.82) is 0 Å². The number of carbonyl (C=O) groups is 2. The lowest BCUT2D eigenvalue weighted by Crippen LogP contribution is -2.35. The number of hydrogen-bond donors (Lipinski definition) is 0. The molecule has 4 aliphatic carbocycles. The van der Waals surface area contributed by atoms with Crippen molar-refractivity contribution in [3.63, 3.8) is 0 Å². The summed E-state index contributed by atoms with van der Waals surface area (Å²) in [5.74, 6) is 12.6. The molecule has 7 aliphatic heterocycles. The second-order valence-corrected chi connectivity index (χ2v) is 40.7. The Morgan fingerprint density at radius 2 is 0.795 bits per heavy atom. The molecule has 676 valence electrons. The minimum absolute atomic E-state index is 0.189. The van der Waals surface area contributed by atoms with E-state index in [-0.39, 0.29) is 11.8 Å². The van der Waals surface area contributed by atoms with Gasteiger partial charge in [0.05, 0.1) is 0 Å². The molecule has 0 saturated heterocycles. The van der Waals surface area contributed by atoms with Gasteiger partial charge in [-0.25, -0.2) is 0 Å². The molecule has 0 N–H and O–H groups in total. The summed E-state index contributed by atoms with van der Waals surface area (Å²) in [6.07, 6.45) is 44.7. The Labute approximate surface area is 730 Å². The first-order valence-electron chi connectivity index (χ1n) is 48.5. The highest BCUT2D eigenvalue weighted by Crippen LogP contribution is 2.34. The molecule has 0 aromatic rings. The number of nitrogens with zero attached hydrogens (tertiary/aromatic N) is 7. The second kappa shape index (κ2) is 60.4. The third-order valence-electron chi connectivity index (χ3n) is 26.4. The van der Waals surface area contributed by atoms with Gasteiger partial charge in [0, 0.05) is 112 Å². The third-order valence-corrected chi connectivity index (χ3v) is 26.4. The lowest BCUT2D eigenvalue weighted by atomic mass is 9.83. The average molecular weight is 1630 g/mol. The van der Waals surface area contributed by atoms with Crippen molar-refractivity contribution in [3.8, 4) is 0 Å². The summed E-state index contributed by atoms with van der Waals surface area (Å²) in [4.78, 5) is 37.9. The van der Waals surface area contributed by atoms with Crippen molar-refractivity contribution in [2.24, 2.45) is 94.7 Å². The Bertz CT molecular complexity index is 3120. The van der Waals surface area contributed by atoms with Crippen LogP contribution in [0.25, 0.3) is 0 Å². The average Bonchev–Trinajstić information content (AvgIpc) is 1.79. The van der Waals surface area contributed by atoms with E-state index in [0.29, 0.717) is 17.9 Å². The number of amides is 2. The smallest absolute Gasteiger partial charge is 0.219 e. The summed E-state index contributed by atoms with van der Waals surface area (Å²) in [6, 6.07) is 0.704. The van der Waals surface area contributed by atoms with Gasteiger partial charge in [0.25, 0.3) is 0 Å².